The molecule has 0 fully saturated rings. The van der Waals surface area contributed by atoms with Crippen LogP contribution in [-0.4, -0.2) is 25.0 Å². The minimum Gasteiger partial charge on any atom is -0.332 e. The minimum atomic E-state index is -1.32. The maximum atomic E-state index is 10.7. The number of nitrogens with one attached hydrogen (secondary N) is 2. The molecule has 0 unspecified atom stereocenters. The third-order valence-corrected chi connectivity index (χ3v) is 2.70. The number of hydrogen-bond acceptors (Lipinski definition) is 5. The summed E-state index contributed by atoms with van der Waals surface area (Å²) in [5.41, 5.74) is 0.889. The average molecular weight is 237 g/mol. The third kappa shape index (κ3) is 1.56. The second-order valence-electron chi connectivity index (χ2n) is 3.51. The standard InChI is InChI=1S/C10H11N3O4/c1-16-10(17-2)8-5-6(13(14)15)3-4-7(8)9(11)12-10/h3-5H,1-2H3,(H2,11,12). The summed E-state index contributed by atoms with van der Waals surface area (Å²) in [5, 5.41) is 21.2. The van der Waals surface area contributed by atoms with Crippen LogP contribution in [0.25, 0.3) is 0 Å². The van der Waals surface area contributed by atoms with Crippen molar-refractivity contribution in [2.24, 2.45) is 0 Å². The van der Waals surface area contributed by atoms with E-state index in [1.54, 1.807) is 0 Å². The highest BCUT2D eigenvalue weighted by molar-refractivity contribution is 6.01. The number of non-ortho nitro benzene ring substituents is 1. The molecule has 0 aromatic heterocycles. The van der Waals surface area contributed by atoms with Gasteiger partial charge in [0.05, 0.1) is 10.5 Å². The summed E-state index contributed by atoms with van der Waals surface area (Å²) in [4.78, 5) is 10.2. The van der Waals surface area contributed by atoms with Gasteiger partial charge in [0.1, 0.15) is 5.84 Å². The molecular formula is C10H11N3O4. The molecule has 1 aliphatic rings. The molecule has 7 heteroatoms. The Morgan fingerprint density at radius 3 is 2.59 bits per heavy atom. The number of hydrogen-bond donors (Lipinski definition) is 2. The number of methoxy groups -OCH3 is 2. The van der Waals surface area contributed by atoms with E-state index >= 15 is 0 Å². The molecule has 0 amide bonds. The van der Waals surface area contributed by atoms with Gasteiger partial charge in [-0.3, -0.25) is 15.5 Å². The van der Waals surface area contributed by atoms with Crippen LogP contribution in [0.1, 0.15) is 11.1 Å². The Hall–Kier alpha value is -1.99. The molecule has 90 valence electrons. The van der Waals surface area contributed by atoms with Crippen molar-refractivity contribution in [3.8, 4) is 0 Å². The van der Waals surface area contributed by atoms with Crippen LogP contribution in [-0.2, 0) is 15.4 Å². The lowest BCUT2D eigenvalue weighted by Crippen LogP contribution is -2.42. The molecule has 17 heavy (non-hydrogen) atoms. The lowest BCUT2D eigenvalue weighted by Gasteiger charge is -2.26. The van der Waals surface area contributed by atoms with Gasteiger partial charge in [0.2, 0.25) is 0 Å². The van der Waals surface area contributed by atoms with E-state index in [-0.39, 0.29) is 11.5 Å². The van der Waals surface area contributed by atoms with Crippen LogP contribution < -0.4 is 5.32 Å². The van der Waals surface area contributed by atoms with Gasteiger partial charge >= 0.3 is 0 Å². The quantitative estimate of drug-likeness (QED) is 0.463. The molecule has 0 bridgehead atoms. The van der Waals surface area contributed by atoms with Gasteiger partial charge in [0.25, 0.3) is 11.6 Å². The maximum Gasteiger partial charge on any atom is 0.279 e. The number of fused-ring (bicyclic) bond motifs is 1. The molecular weight excluding hydrogens is 226 g/mol. The molecule has 0 aliphatic carbocycles. The Kier molecular flexibility index (Phi) is 2.56. The van der Waals surface area contributed by atoms with Crippen LogP contribution in [0.3, 0.4) is 0 Å². The fraction of sp³-hybridized carbons (Fsp3) is 0.300. The van der Waals surface area contributed by atoms with Gasteiger partial charge in [-0.2, -0.15) is 0 Å². The largest absolute Gasteiger partial charge is 0.332 e. The lowest BCUT2D eigenvalue weighted by molar-refractivity contribution is -0.385. The molecule has 7 nitrogen and oxygen atoms in total. The predicted octanol–water partition coefficient (Wildman–Crippen LogP) is 0.926. The van der Waals surface area contributed by atoms with Crippen LogP contribution >= 0.6 is 0 Å². The van der Waals surface area contributed by atoms with Crippen molar-refractivity contribution in [1.82, 2.24) is 5.32 Å². The summed E-state index contributed by atoms with van der Waals surface area (Å²) in [5.74, 6) is -1.21. The first kappa shape index (κ1) is 11.5. The SMILES string of the molecule is COC1(OC)NC(=N)c2ccc([N+](=O)[O-])cc21. The van der Waals surface area contributed by atoms with Gasteiger partial charge in [-0.15, -0.1) is 0 Å². The number of nitro benzene ring substituents is 1. The molecule has 1 aromatic carbocycles. The highest BCUT2D eigenvalue weighted by Crippen LogP contribution is 2.34. The van der Waals surface area contributed by atoms with Gasteiger partial charge in [-0.05, 0) is 6.07 Å². The molecule has 1 aromatic rings. The number of nitrogens with zero attached hydrogens (tertiary/aromatic N) is 1. The first-order chi connectivity index (χ1) is 8.04. The van der Waals surface area contributed by atoms with Crippen molar-refractivity contribution in [2.45, 2.75) is 5.91 Å². The van der Waals surface area contributed by atoms with Gasteiger partial charge in [-0.1, -0.05) is 0 Å². The predicted molar refractivity (Wildman–Crippen MR) is 58.8 cm³/mol. The zero-order chi connectivity index (χ0) is 12.6. The Morgan fingerprint density at radius 1 is 1.41 bits per heavy atom. The molecule has 1 heterocycles. The maximum absolute atomic E-state index is 10.7. The van der Waals surface area contributed by atoms with Gasteiger partial charge < -0.3 is 14.8 Å². The van der Waals surface area contributed by atoms with E-state index in [2.05, 4.69) is 5.32 Å². The first-order valence-electron chi connectivity index (χ1n) is 4.80. The summed E-state index contributed by atoms with van der Waals surface area (Å²) in [6, 6.07) is 4.19. The molecule has 0 atom stereocenters. The zero-order valence-electron chi connectivity index (χ0n) is 9.31. The molecule has 0 radical (unpaired) electrons. The van der Waals surface area contributed by atoms with Crippen LogP contribution in [0.4, 0.5) is 5.69 Å². The highest BCUT2D eigenvalue weighted by atomic mass is 16.7. The smallest absolute Gasteiger partial charge is 0.279 e. The number of nitro groups is 1. The van der Waals surface area contributed by atoms with Gasteiger partial charge in [-0.25, -0.2) is 0 Å². The fourth-order valence-electron chi connectivity index (χ4n) is 1.84. The lowest BCUT2D eigenvalue weighted by atomic mass is 10.1. The molecule has 0 saturated carbocycles. The Labute approximate surface area is 97.0 Å². The van der Waals surface area contributed by atoms with E-state index in [0.717, 1.165) is 0 Å². The summed E-state index contributed by atoms with van der Waals surface area (Å²) in [6.07, 6.45) is 0. The summed E-state index contributed by atoms with van der Waals surface area (Å²) < 4.78 is 10.4. The monoisotopic (exact) mass is 237 g/mol. The van der Waals surface area contributed by atoms with E-state index in [1.807, 2.05) is 0 Å². The fourth-order valence-corrected chi connectivity index (χ4v) is 1.84. The molecule has 1 aliphatic heterocycles. The summed E-state index contributed by atoms with van der Waals surface area (Å²) in [7, 11) is 2.80. The first-order valence-corrected chi connectivity index (χ1v) is 4.80. The Morgan fingerprint density at radius 2 is 2.06 bits per heavy atom. The Balaban J connectivity index is 2.62. The van der Waals surface area contributed by atoms with Crippen LogP contribution in [0.15, 0.2) is 18.2 Å². The average Bonchev–Trinajstić information content (AvgIpc) is 2.62. The zero-order valence-corrected chi connectivity index (χ0v) is 9.31. The van der Waals surface area contributed by atoms with Crippen molar-refractivity contribution in [2.75, 3.05) is 14.2 Å². The third-order valence-electron chi connectivity index (χ3n) is 2.70. The number of amidine groups is 1. The van der Waals surface area contributed by atoms with Crippen molar-refractivity contribution >= 4 is 11.5 Å². The molecule has 0 spiro atoms. The normalized spacial score (nSPS) is 16.5. The van der Waals surface area contributed by atoms with E-state index in [9.17, 15) is 10.1 Å². The van der Waals surface area contributed by atoms with Crippen molar-refractivity contribution in [3.63, 3.8) is 0 Å². The van der Waals surface area contributed by atoms with Crippen molar-refractivity contribution in [1.29, 1.82) is 5.41 Å². The Bertz CT molecular complexity index is 496. The van der Waals surface area contributed by atoms with E-state index in [1.165, 1.54) is 32.4 Å². The molecule has 2 rings (SSSR count). The highest BCUT2D eigenvalue weighted by Gasteiger charge is 2.43. The number of ether oxygens (including phenoxy) is 2. The number of rotatable bonds is 3. The van der Waals surface area contributed by atoms with E-state index in [4.69, 9.17) is 14.9 Å². The molecule has 0 saturated heterocycles. The van der Waals surface area contributed by atoms with Crippen LogP contribution in [0.5, 0.6) is 0 Å². The summed E-state index contributed by atoms with van der Waals surface area (Å²) >= 11 is 0. The second-order valence-corrected chi connectivity index (χ2v) is 3.51. The van der Waals surface area contributed by atoms with Crippen LogP contribution in [0, 0.1) is 15.5 Å². The molecule has 2 N–H and O–H groups in total. The minimum absolute atomic E-state index is 0.0706. The van der Waals surface area contributed by atoms with E-state index in [0.29, 0.717) is 11.1 Å². The summed E-state index contributed by atoms with van der Waals surface area (Å²) in [6.45, 7) is 0. The second kappa shape index (κ2) is 3.79. The topological polar surface area (TPSA) is 97.5 Å². The van der Waals surface area contributed by atoms with Gasteiger partial charge in [0, 0.05) is 31.9 Å². The van der Waals surface area contributed by atoms with Gasteiger partial charge in [0.15, 0.2) is 0 Å². The van der Waals surface area contributed by atoms with Crippen LogP contribution in [0.2, 0.25) is 0 Å². The van der Waals surface area contributed by atoms with Crippen molar-refractivity contribution < 1.29 is 14.4 Å². The van der Waals surface area contributed by atoms with Crippen molar-refractivity contribution in [3.05, 3.63) is 39.4 Å². The van der Waals surface area contributed by atoms with E-state index < -0.39 is 10.8 Å². The number of benzene rings is 1.